The van der Waals surface area contributed by atoms with Crippen LogP contribution in [0.3, 0.4) is 0 Å². The van der Waals surface area contributed by atoms with E-state index in [1.54, 1.807) is 0 Å². The van der Waals surface area contributed by atoms with Crippen LogP contribution < -0.4 is 5.73 Å². The van der Waals surface area contributed by atoms with Gasteiger partial charge >= 0.3 is 11.9 Å². The van der Waals surface area contributed by atoms with E-state index in [4.69, 9.17) is 15.2 Å². The van der Waals surface area contributed by atoms with E-state index in [1.807, 2.05) is 6.92 Å². The zero-order valence-electron chi connectivity index (χ0n) is 27.0. The van der Waals surface area contributed by atoms with Gasteiger partial charge in [-0.3, -0.25) is 14.4 Å². The Balaban J connectivity index is 1.52. The lowest BCUT2D eigenvalue weighted by Gasteiger charge is -2.70. The number of ketones is 1. The van der Waals surface area contributed by atoms with Crippen molar-refractivity contribution < 1.29 is 23.9 Å². The summed E-state index contributed by atoms with van der Waals surface area (Å²) in [6.07, 6.45) is 10.7. The molecule has 0 heterocycles. The molecule has 0 aromatic rings. The van der Waals surface area contributed by atoms with Crippen molar-refractivity contribution in [1.29, 1.82) is 0 Å². The summed E-state index contributed by atoms with van der Waals surface area (Å²) in [5.74, 6) is 0.430. The quantitative estimate of drug-likeness (QED) is 0.366. The van der Waals surface area contributed by atoms with Crippen LogP contribution in [0.4, 0.5) is 0 Å². The van der Waals surface area contributed by atoms with Crippen LogP contribution >= 0.6 is 0 Å². The molecule has 41 heavy (non-hydrogen) atoms. The van der Waals surface area contributed by atoms with E-state index in [0.717, 1.165) is 57.8 Å². The molecule has 2 N–H and O–H groups in total. The fraction of sp³-hybridized carbons (Fsp3) is 0.857. The maximum Gasteiger partial charge on any atom is 0.311 e. The lowest BCUT2D eigenvalue weighted by atomic mass is 9.33. The molecule has 5 rings (SSSR count). The van der Waals surface area contributed by atoms with Gasteiger partial charge in [-0.2, -0.15) is 0 Å². The highest BCUT2D eigenvalue weighted by atomic mass is 16.5. The molecule has 5 aliphatic rings. The number of rotatable bonds is 5. The molecule has 0 saturated heterocycles. The van der Waals surface area contributed by atoms with Crippen LogP contribution in [-0.4, -0.2) is 37.0 Å². The second-order valence-corrected chi connectivity index (χ2v) is 16.4. The maximum atomic E-state index is 14.6. The van der Waals surface area contributed by atoms with Gasteiger partial charge in [-0.05, 0) is 111 Å². The summed E-state index contributed by atoms with van der Waals surface area (Å²) >= 11 is 0. The molecular weight excluding hydrogens is 514 g/mol. The minimum absolute atomic E-state index is 0.0631. The lowest BCUT2D eigenvalue weighted by molar-refractivity contribution is -0.211. The zero-order valence-corrected chi connectivity index (χ0v) is 27.0. The second kappa shape index (κ2) is 9.92. The molecular formula is C35H55NO5. The van der Waals surface area contributed by atoms with Crippen LogP contribution in [0, 0.1) is 50.2 Å². The van der Waals surface area contributed by atoms with Crippen molar-refractivity contribution in [3.8, 4) is 0 Å². The molecule has 0 aliphatic heterocycles. The number of hydrogen-bond donors (Lipinski definition) is 1. The van der Waals surface area contributed by atoms with E-state index in [0.29, 0.717) is 13.2 Å². The lowest BCUT2D eigenvalue weighted by Crippen LogP contribution is -2.66. The average Bonchev–Trinajstić information content (AvgIpc) is 2.88. The van der Waals surface area contributed by atoms with Crippen molar-refractivity contribution >= 4 is 17.7 Å². The van der Waals surface area contributed by atoms with Gasteiger partial charge in [-0.25, -0.2) is 0 Å². The predicted molar refractivity (Wildman–Crippen MR) is 160 cm³/mol. The van der Waals surface area contributed by atoms with Crippen molar-refractivity contribution in [2.24, 2.45) is 56.0 Å². The Morgan fingerprint density at radius 3 is 2.29 bits per heavy atom. The molecule has 0 bridgehead atoms. The van der Waals surface area contributed by atoms with Gasteiger partial charge in [0.1, 0.15) is 6.10 Å². The highest BCUT2D eigenvalue weighted by Gasteiger charge is 2.70. The number of allylic oxidation sites excluding steroid dienone is 2. The van der Waals surface area contributed by atoms with E-state index in [2.05, 4.69) is 54.5 Å². The summed E-state index contributed by atoms with van der Waals surface area (Å²) in [6.45, 7) is 18.8. The topological polar surface area (TPSA) is 95.7 Å². The Morgan fingerprint density at radius 1 is 0.951 bits per heavy atom. The number of nitrogens with two attached hydrogens (primary N) is 1. The zero-order chi connectivity index (χ0) is 30.2. The third-order valence-corrected chi connectivity index (χ3v) is 13.9. The number of ether oxygens (including phenoxy) is 2. The molecule has 0 unspecified atom stereocenters. The van der Waals surface area contributed by atoms with E-state index in [1.165, 1.54) is 5.57 Å². The van der Waals surface area contributed by atoms with Gasteiger partial charge in [0.05, 0.1) is 18.4 Å². The van der Waals surface area contributed by atoms with Crippen LogP contribution in [0.15, 0.2) is 11.6 Å². The number of carbonyl (C=O) groups is 3. The molecule has 0 spiro atoms. The van der Waals surface area contributed by atoms with E-state index in [9.17, 15) is 14.4 Å². The molecule has 230 valence electrons. The van der Waals surface area contributed by atoms with Gasteiger partial charge < -0.3 is 15.2 Å². The van der Waals surface area contributed by atoms with Crippen LogP contribution in [0.5, 0.6) is 0 Å². The standard InChI is InChI=1S/C35H55NO5/c1-9-40-29(39)32(5)16-15-31(4)17-18-34(7)22(23(31)21-32)20-24(37)28-33(6)13-11-26(41-27(38)12-19-36)30(2,3)25(33)10-14-35(28,34)8/h20,23,25-26,28H,9-19,21,36H2,1-8H3/t23-,25-,26-,28+,31+,32-,33-,34+,35+/m0/s1. The first-order chi connectivity index (χ1) is 19.0. The average molecular weight is 570 g/mol. The Bertz CT molecular complexity index is 1140. The third-order valence-electron chi connectivity index (χ3n) is 13.9. The fourth-order valence-corrected chi connectivity index (χ4v) is 11.2. The smallest absolute Gasteiger partial charge is 0.311 e. The molecule has 5 aliphatic carbocycles. The molecule has 6 nitrogen and oxygen atoms in total. The van der Waals surface area contributed by atoms with E-state index < -0.39 is 5.41 Å². The van der Waals surface area contributed by atoms with Crippen LogP contribution in [0.25, 0.3) is 0 Å². The van der Waals surface area contributed by atoms with Crippen molar-refractivity contribution in [3.63, 3.8) is 0 Å². The predicted octanol–water partition coefficient (Wildman–Crippen LogP) is 6.79. The summed E-state index contributed by atoms with van der Waals surface area (Å²) in [5, 5.41) is 0. The molecule has 4 fully saturated rings. The summed E-state index contributed by atoms with van der Waals surface area (Å²) < 4.78 is 11.6. The molecule has 0 aromatic carbocycles. The Morgan fingerprint density at radius 2 is 1.63 bits per heavy atom. The number of esters is 2. The monoisotopic (exact) mass is 569 g/mol. The van der Waals surface area contributed by atoms with Gasteiger partial charge in [-0.15, -0.1) is 0 Å². The molecule has 9 atom stereocenters. The molecule has 6 heteroatoms. The summed E-state index contributed by atoms with van der Waals surface area (Å²) in [4.78, 5) is 40.1. The molecule has 0 amide bonds. The Hall–Kier alpha value is -1.69. The number of carbonyl (C=O) groups excluding carboxylic acids is 3. The van der Waals surface area contributed by atoms with Gasteiger partial charge in [0, 0.05) is 17.9 Å². The van der Waals surface area contributed by atoms with Gasteiger partial charge in [0.2, 0.25) is 0 Å². The van der Waals surface area contributed by atoms with Crippen LogP contribution in [0.2, 0.25) is 0 Å². The summed E-state index contributed by atoms with van der Waals surface area (Å²) in [7, 11) is 0. The van der Waals surface area contributed by atoms with Crippen molar-refractivity contribution in [2.45, 2.75) is 126 Å². The SMILES string of the molecule is CCOC(=O)[C@@]1(C)CC[C@]2(C)CC[C@]3(C)C(=CC(=O)[C@@H]4[C@@]5(C)CC[C@H](OC(=O)CCN)C(C)(C)[C@@H]5CC[C@]43C)[C@@H]2C1. The largest absolute Gasteiger partial charge is 0.466 e. The van der Waals surface area contributed by atoms with Crippen molar-refractivity contribution in [3.05, 3.63) is 11.6 Å². The van der Waals surface area contributed by atoms with E-state index >= 15 is 0 Å². The highest BCUT2D eigenvalue weighted by molar-refractivity contribution is 5.95. The minimum atomic E-state index is -0.506. The first-order valence-electron chi connectivity index (χ1n) is 16.4. The first-order valence-corrected chi connectivity index (χ1v) is 16.4. The van der Waals surface area contributed by atoms with Crippen LogP contribution in [-0.2, 0) is 23.9 Å². The maximum absolute atomic E-state index is 14.6. The number of fused-ring (bicyclic) bond motifs is 7. The summed E-state index contributed by atoms with van der Waals surface area (Å²) in [6, 6.07) is 0. The van der Waals surface area contributed by atoms with Gasteiger partial charge in [0.25, 0.3) is 0 Å². The summed E-state index contributed by atoms with van der Waals surface area (Å²) in [5.41, 5.74) is 5.91. The normalized spacial score (nSPS) is 46.7. The Labute approximate surface area is 247 Å². The molecule has 0 aromatic heterocycles. The van der Waals surface area contributed by atoms with Crippen molar-refractivity contribution in [1.82, 2.24) is 0 Å². The van der Waals surface area contributed by atoms with Gasteiger partial charge in [0.15, 0.2) is 5.78 Å². The minimum Gasteiger partial charge on any atom is -0.466 e. The molecule has 0 radical (unpaired) electrons. The van der Waals surface area contributed by atoms with Gasteiger partial charge in [-0.1, -0.05) is 47.1 Å². The highest BCUT2D eigenvalue weighted by Crippen LogP contribution is 2.75. The second-order valence-electron chi connectivity index (χ2n) is 16.4. The van der Waals surface area contributed by atoms with Crippen LogP contribution in [0.1, 0.15) is 120 Å². The number of hydrogen-bond acceptors (Lipinski definition) is 6. The third kappa shape index (κ3) is 4.31. The molecule has 4 saturated carbocycles. The fourth-order valence-electron chi connectivity index (χ4n) is 11.2. The van der Waals surface area contributed by atoms with E-state index in [-0.39, 0.29) is 75.1 Å². The Kier molecular flexibility index (Phi) is 7.44. The van der Waals surface area contributed by atoms with Crippen molar-refractivity contribution in [2.75, 3.05) is 13.2 Å². The first kappa shape index (κ1) is 30.8.